The van der Waals surface area contributed by atoms with Crippen molar-refractivity contribution in [1.29, 1.82) is 0 Å². The molecule has 124 valence electrons. The quantitative estimate of drug-likeness (QED) is 0.759. The Hall–Kier alpha value is -2.66. The molecule has 1 unspecified atom stereocenters. The average molecular weight is 323 g/mol. The predicted octanol–water partition coefficient (Wildman–Crippen LogP) is 2.86. The molecule has 3 aromatic rings. The molecule has 24 heavy (non-hydrogen) atoms. The summed E-state index contributed by atoms with van der Waals surface area (Å²) in [5, 5.41) is 2.88. The minimum Gasteiger partial charge on any atom is -0.364 e. The first-order valence-corrected chi connectivity index (χ1v) is 8.00. The monoisotopic (exact) mass is 323 g/mol. The number of ether oxygens (including phenoxy) is 1. The molecule has 1 N–H and O–H groups in total. The number of carbonyl (C=O) groups is 1. The summed E-state index contributed by atoms with van der Waals surface area (Å²) in [4.78, 5) is 16.7. The number of rotatable bonds is 6. The van der Waals surface area contributed by atoms with Crippen molar-refractivity contribution < 1.29 is 9.53 Å². The Balaban J connectivity index is 1.53. The van der Waals surface area contributed by atoms with Crippen LogP contribution in [-0.2, 0) is 22.7 Å². The Morgan fingerprint density at radius 1 is 1.21 bits per heavy atom. The number of aryl methyl sites for hydroxylation is 1. The Morgan fingerprint density at radius 3 is 2.75 bits per heavy atom. The topological polar surface area (TPSA) is 55.6 Å². The summed E-state index contributed by atoms with van der Waals surface area (Å²) in [6, 6.07) is 15.8. The summed E-state index contributed by atoms with van der Waals surface area (Å²) in [7, 11) is 0. The van der Waals surface area contributed by atoms with Gasteiger partial charge in [0.2, 0.25) is 5.91 Å². The van der Waals surface area contributed by atoms with Gasteiger partial charge in [-0.05, 0) is 31.5 Å². The van der Waals surface area contributed by atoms with E-state index in [9.17, 15) is 4.79 Å². The maximum Gasteiger partial charge on any atom is 0.249 e. The summed E-state index contributed by atoms with van der Waals surface area (Å²) >= 11 is 0. The van der Waals surface area contributed by atoms with Crippen LogP contribution in [0, 0.1) is 6.92 Å². The number of carbonyl (C=O) groups excluding carboxylic acids is 1. The predicted molar refractivity (Wildman–Crippen MR) is 92.5 cm³/mol. The molecule has 0 radical (unpaired) electrons. The van der Waals surface area contributed by atoms with Gasteiger partial charge in [-0.3, -0.25) is 4.79 Å². The molecule has 0 spiro atoms. The van der Waals surface area contributed by atoms with E-state index >= 15 is 0 Å². The molecule has 2 aromatic heterocycles. The second-order valence-corrected chi connectivity index (χ2v) is 5.78. The van der Waals surface area contributed by atoms with Gasteiger partial charge in [-0.25, -0.2) is 4.98 Å². The minimum absolute atomic E-state index is 0.139. The van der Waals surface area contributed by atoms with Gasteiger partial charge in [0, 0.05) is 11.9 Å². The highest BCUT2D eigenvalue weighted by molar-refractivity contribution is 5.80. The highest BCUT2D eigenvalue weighted by atomic mass is 16.5. The molecule has 5 heteroatoms. The second-order valence-electron chi connectivity index (χ2n) is 5.78. The van der Waals surface area contributed by atoms with Gasteiger partial charge in [-0.1, -0.05) is 36.4 Å². The lowest BCUT2D eigenvalue weighted by Crippen LogP contribution is -2.34. The van der Waals surface area contributed by atoms with E-state index in [2.05, 4.69) is 10.3 Å². The molecule has 1 aromatic carbocycles. The zero-order valence-corrected chi connectivity index (χ0v) is 13.9. The minimum atomic E-state index is -0.510. The Bertz CT molecular complexity index is 827. The zero-order valence-electron chi connectivity index (χ0n) is 13.9. The lowest BCUT2D eigenvalue weighted by Gasteiger charge is -2.12. The number of nitrogens with one attached hydrogen (secondary N) is 1. The van der Waals surface area contributed by atoms with Gasteiger partial charge in [-0.15, -0.1) is 0 Å². The van der Waals surface area contributed by atoms with Crippen LogP contribution >= 0.6 is 0 Å². The van der Waals surface area contributed by atoms with Crippen molar-refractivity contribution in [2.24, 2.45) is 0 Å². The van der Waals surface area contributed by atoms with Crippen LogP contribution in [0.25, 0.3) is 5.65 Å². The number of aromatic nitrogens is 2. The van der Waals surface area contributed by atoms with Crippen molar-refractivity contribution in [1.82, 2.24) is 14.7 Å². The van der Waals surface area contributed by atoms with Crippen LogP contribution in [0.1, 0.15) is 23.9 Å². The standard InChI is InChI=1S/C19H21N3O2/c1-14-7-6-10-18-21-17(12-22(14)18)11-20-19(23)15(2)24-13-16-8-4-3-5-9-16/h3-10,12,15H,11,13H2,1-2H3,(H,20,23). The maximum absolute atomic E-state index is 12.1. The van der Waals surface area contributed by atoms with Gasteiger partial charge in [0.05, 0.1) is 18.8 Å². The van der Waals surface area contributed by atoms with Crippen molar-refractivity contribution in [3.8, 4) is 0 Å². The number of imidazole rings is 1. The molecular formula is C19H21N3O2. The van der Waals surface area contributed by atoms with Gasteiger partial charge < -0.3 is 14.5 Å². The summed E-state index contributed by atoms with van der Waals surface area (Å²) in [5.74, 6) is -0.139. The fourth-order valence-corrected chi connectivity index (χ4v) is 2.48. The van der Waals surface area contributed by atoms with Gasteiger partial charge in [-0.2, -0.15) is 0 Å². The van der Waals surface area contributed by atoms with E-state index in [1.165, 1.54) is 0 Å². The largest absolute Gasteiger partial charge is 0.364 e. The van der Waals surface area contributed by atoms with Gasteiger partial charge in [0.1, 0.15) is 11.8 Å². The van der Waals surface area contributed by atoms with E-state index in [1.807, 2.05) is 66.1 Å². The maximum atomic E-state index is 12.1. The molecule has 2 heterocycles. The molecule has 0 aliphatic rings. The number of benzene rings is 1. The third-order valence-electron chi connectivity index (χ3n) is 3.90. The lowest BCUT2D eigenvalue weighted by molar-refractivity contribution is -0.132. The smallest absolute Gasteiger partial charge is 0.249 e. The summed E-state index contributed by atoms with van der Waals surface area (Å²) < 4.78 is 7.63. The van der Waals surface area contributed by atoms with E-state index in [4.69, 9.17) is 4.74 Å². The molecule has 0 aliphatic carbocycles. The van der Waals surface area contributed by atoms with E-state index in [0.29, 0.717) is 13.2 Å². The SMILES string of the molecule is Cc1cccc2nc(CNC(=O)C(C)OCc3ccccc3)cn12. The van der Waals surface area contributed by atoms with Gasteiger partial charge in [0.15, 0.2) is 0 Å². The van der Waals surface area contributed by atoms with E-state index in [-0.39, 0.29) is 5.91 Å². The molecule has 0 saturated heterocycles. The Kier molecular flexibility index (Phi) is 4.91. The molecule has 1 amide bonds. The number of amides is 1. The number of fused-ring (bicyclic) bond motifs is 1. The zero-order chi connectivity index (χ0) is 16.9. The van der Waals surface area contributed by atoms with Crippen molar-refractivity contribution in [3.63, 3.8) is 0 Å². The second kappa shape index (κ2) is 7.27. The van der Waals surface area contributed by atoms with Crippen molar-refractivity contribution in [2.75, 3.05) is 0 Å². The molecule has 0 fully saturated rings. The number of hydrogen-bond donors (Lipinski definition) is 1. The van der Waals surface area contributed by atoms with Crippen LogP contribution < -0.4 is 5.32 Å². The first-order valence-electron chi connectivity index (χ1n) is 8.00. The van der Waals surface area contributed by atoms with Crippen LogP contribution in [0.2, 0.25) is 0 Å². The normalized spacial score (nSPS) is 12.2. The first kappa shape index (κ1) is 16.2. The number of pyridine rings is 1. The Morgan fingerprint density at radius 2 is 2.00 bits per heavy atom. The molecular weight excluding hydrogens is 302 g/mol. The van der Waals surface area contributed by atoms with E-state index in [1.54, 1.807) is 6.92 Å². The molecule has 5 nitrogen and oxygen atoms in total. The van der Waals surface area contributed by atoms with Gasteiger partial charge in [0.25, 0.3) is 0 Å². The van der Waals surface area contributed by atoms with Gasteiger partial charge >= 0.3 is 0 Å². The van der Waals surface area contributed by atoms with Crippen LogP contribution in [0.4, 0.5) is 0 Å². The molecule has 1 atom stereocenters. The fraction of sp³-hybridized carbons (Fsp3) is 0.263. The molecule has 0 saturated carbocycles. The van der Waals surface area contributed by atoms with Crippen LogP contribution in [0.3, 0.4) is 0 Å². The lowest BCUT2D eigenvalue weighted by atomic mass is 10.2. The number of nitrogens with zero attached hydrogens (tertiary/aromatic N) is 2. The highest BCUT2D eigenvalue weighted by Gasteiger charge is 2.14. The van der Waals surface area contributed by atoms with Crippen LogP contribution in [0.5, 0.6) is 0 Å². The third-order valence-corrected chi connectivity index (χ3v) is 3.90. The highest BCUT2D eigenvalue weighted by Crippen LogP contribution is 2.08. The van der Waals surface area contributed by atoms with Crippen LogP contribution in [0.15, 0.2) is 54.7 Å². The number of hydrogen-bond acceptors (Lipinski definition) is 3. The third kappa shape index (κ3) is 3.81. The van der Waals surface area contributed by atoms with Crippen LogP contribution in [-0.4, -0.2) is 21.4 Å². The summed E-state index contributed by atoms with van der Waals surface area (Å²) in [5.41, 5.74) is 3.87. The van der Waals surface area contributed by atoms with Crippen molar-refractivity contribution in [3.05, 3.63) is 71.7 Å². The van der Waals surface area contributed by atoms with E-state index in [0.717, 1.165) is 22.6 Å². The average Bonchev–Trinajstić information content (AvgIpc) is 3.03. The Labute approximate surface area is 141 Å². The summed E-state index contributed by atoms with van der Waals surface area (Å²) in [6.45, 7) is 4.59. The molecule has 3 rings (SSSR count). The molecule has 0 aliphatic heterocycles. The van der Waals surface area contributed by atoms with Crippen molar-refractivity contribution in [2.45, 2.75) is 33.1 Å². The molecule has 0 bridgehead atoms. The van der Waals surface area contributed by atoms with Crippen molar-refractivity contribution >= 4 is 11.6 Å². The first-order chi connectivity index (χ1) is 11.6. The fourth-order valence-electron chi connectivity index (χ4n) is 2.48. The van der Waals surface area contributed by atoms with E-state index < -0.39 is 6.10 Å². The summed E-state index contributed by atoms with van der Waals surface area (Å²) in [6.07, 6.45) is 1.43.